The molecule has 2 fully saturated rings. The van der Waals surface area contributed by atoms with E-state index in [9.17, 15) is 9.90 Å². The summed E-state index contributed by atoms with van der Waals surface area (Å²) in [6, 6.07) is 19.5. The molecule has 1 unspecified atom stereocenters. The number of aliphatic hydroxyl groups is 1. The standard InChI is InChI=1S/C23H25NO3/c25-20(15-14-18-10-4-1-5-11-18)23(22(26)24-16-8-3-9-17-24)21(27-23)19-12-6-2-7-13-19/h1-2,4-7,10-15,20-21,25H,3,8-9,16-17H2/b15-14+/t20?,21-,23+/m0/s1. The third-order valence-electron chi connectivity index (χ3n) is 5.43. The van der Waals surface area contributed by atoms with E-state index in [0.29, 0.717) is 0 Å². The second-order valence-electron chi connectivity index (χ2n) is 7.27. The number of hydrogen-bond acceptors (Lipinski definition) is 3. The SMILES string of the molecule is O=C(N1CCCCC1)[C@]1(C(O)/C=C/c2ccccc2)O[C@H]1c1ccccc1. The summed E-state index contributed by atoms with van der Waals surface area (Å²) in [7, 11) is 0. The second kappa shape index (κ2) is 7.67. The van der Waals surface area contributed by atoms with Crippen LogP contribution < -0.4 is 0 Å². The van der Waals surface area contributed by atoms with Crippen molar-refractivity contribution in [1.82, 2.24) is 4.90 Å². The van der Waals surface area contributed by atoms with Gasteiger partial charge in [0.25, 0.3) is 5.91 Å². The molecule has 4 rings (SSSR count). The molecule has 2 aliphatic rings. The number of aliphatic hydroxyl groups excluding tert-OH is 1. The number of piperidine rings is 1. The zero-order chi connectivity index (χ0) is 18.7. The highest BCUT2D eigenvalue weighted by Gasteiger charge is 2.68. The van der Waals surface area contributed by atoms with Crippen LogP contribution >= 0.6 is 0 Å². The van der Waals surface area contributed by atoms with Crippen molar-refractivity contribution >= 4 is 12.0 Å². The molecule has 4 nitrogen and oxygen atoms in total. The van der Waals surface area contributed by atoms with Crippen molar-refractivity contribution in [1.29, 1.82) is 0 Å². The van der Waals surface area contributed by atoms with Gasteiger partial charge in [-0.25, -0.2) is 0 Å². The lowest BCUT2D eigenvalue weighted by atomic mass is 9.91. The molecule has 27 heavy (non-hydrogen) atoms. The van der Waals surface area contributed by atoms with E-state index < -0.39 is 17.8 Å². The van der Waals surface area contributed by atoms with Gasteiger partial charge in [-0.05, 0) is 30.4 Å². The lowest BCUT2D eigenvalue weighted by Crippen LogP contribution is -2.49. The van der Waals surface area contributed by atoms with Gasteiger partial charge in [-0.15, -0.1) is 0 Å². The van der Waals surface area contributed by atoms with Crippen molar-refractivity contribution < 1.29 is 14.6 Å². The summed E-state index contributed by atoms with van der Waals surface area (Å²) >= 11 is 0. The fourth-order valence-corrected chi connectivity index (χ4v) is 3.87. The highest BCUT2D eigenvalue weighted by Crippen LogP contribution is 2.53. The molecule has 140 valence electrons. The van der Waals surface area contributed by atoms with Gasteiger partial charge in [-0.3, -0.25) is 4.79 Å². The monoisotopic (exact) mass is 363 g/mol. The number of hydrogen-bond donors (Lipinski definition) is 1. The van der Waals surface area contributed by atoms with Gasteiger partial charge in [0.05, 0.1) is 0 Å². The molecule has 0 aromatic heterocycles. The number of likely N-dealkylation sites (tertiary alicyclic amines) is 1. The molecule has 2 saturated heterocycles. The zero-order valence-electron chi connectivity index (χ0n) is 15.3. The maximum Gasteiger partial charge on any atom is 0.261 e. The third kappa shape index (κ3) is 3.55. The number of amides is 1. The summed E-state index contributed by atoms with van der Waals surface area (Å²) in [5, 5.41) is 11.0. The minimum absolute atomic E-state index is 0.0961. The first kappa shape index (κ1) is 18.0. The molecule has 0 radical (unpaired) electrons. The minimum atomic E-state index is -1.22. The molecule has 1 amide bonds. The van der Waals surface area contributed by atoms with Crippen LogP contribution in [0.4, 0.5) is 0 Å². The van der Waals surface area contributed by atoms with Gasteiger partial charge in [-0.2, -0.15) is 0 Å². The number of rotatable bonds is 5. The Morgan fingerprint density at radius 3 is 2.33 bits per heavy atom. The predicted octanol–water partition coefficient (Wildman–Crippen LogP) is 3.58. The Bertz CT molecular complexity index is 799. The largest absolute Gasteiger partial charge is 0.385 e. The van der Waals surface area contributed by atoms with Gasteiger partial charge in [0.2, 0.25) is 5.60 Å². The molecule has 2 aliphatic heterocycles. The van der Waals surface area contributed by atoms with Gasteiger partial charge in [-0.1, -0.05) is 72.8 Å². The van der Waals surface area contributed by atoms with E-state index in [1.54, 1.807) is 6.08 Å². The van der Waals surface area contributed by atoms with Crippen molar-refractivity contribution in [3.05, 3.63) is 77.9 Å². The molecular formula is C23H25NO3. The third-order valence-corrected chi connectivity index (χ3v) is 5.43. The smallest absolute Gasteiger partial charge is 0.261 e. The van der Waals surface area contributed by atoms with E-state index in [1.165, 1.54) is 0 Å². The first-order valence-corrected chi connectivity index (χ1v) is 9.65. The molecule has 4 heteroatoms. The van der Waals surface area contributed by atoms with Crippen molar-refractivity contribution in [3.8, 4) is 0 Å². The van der Waals surface area contributed by atoms with Crippen molar-refractivity contribution in [3.63, 3.8) is 0 Å². The molecule has 0 bridgehead atoms. The van der Waals surface area contributed by atoms with Crippen LogP contribution in [0.5, 0.6) is 0 Å². The number of benzene rings is 2. The molecular weight excluding hydrogens is 338 g/mol. The Balaban J connectivity index is 1.60. The molecule has 2 aromatic rings. The minimum Gasteiger partial charge on any atom is -0.385 e. The van der Waals surface area contributed by atoms with Gasteiger partial charge >= 0.3 is 0 Å². The van der Waals surface area contributed by atoms with Crippen LogP contribution in [0.25, 0.3) is 6.08 Å². The van der Waals surface area contributed by atoms with E-state index in [2.05, 4.69) is 0 Å². The van der Waals surface area contributed by atoms with Crippen LogP contribution in [0.2, 0.25) is 0 Å². The summed E-state index contributed by atoms with van der Waals surface area (Å²) in [6.07, 6.45) is 5.28. The predicted molar refractivity (Wildman–Crippen MR) is 105 cm³/mol. The summed E-state index contributed by atoms with van der Waals surface area (Å²) in [6.45, 7) is 1.47. The molecule has 3 atom stereocenters. The lowest BCUT2D eigenvalue weighted by molar-refractivity contribution is -0.141. The average Bonchev–Trinajstić information content (AvgIpc) is 3.50. The number of carbonyl (C=O) groups is 1. The lowest BCUT2D eigenvalue weighted by Gasteiger charge is -2.30. The fourth-order valence-electron chi connectivity index (χ4n) is 3.87. The van der Waals surface area contributed by atoms with Crippen molar-refractivity contribution in [2.45, 2.75) is 37.1 Å². The van der Waals surface area contributed by atoms with E-state index in [-0.39, 0.29) is 5.91 Å². The summed E-state index contributed by atoms with van der Waals surface area (Å²) in [5.41, 5.74) is 0.688. The average molecular weight is 363 g/mol. The number of ether oxygens (including phenoxy) is 1. The Morgan fingerprint density at radius 1 is 1.04 bits per heavy atom. The molecule has 0 aliphatic carbocycles. The van der Waals surface area contributed by atoms with E-state index in [0.717, 1.165) is 43.5 Å². The number of nitrogens with zero attached hydrogens (tertiary/aromatic N) is 1. The summed E-state index contributed by atoms with van der Waals surface area (Å²) in [4.78, 5) is 15.2. The van der Waals surface area contributed by atoms with Gasteiger partial charge in [0.1, 0.15) is 12.2 Å². The number of carbonyl (C=O) groups excluding carboxylic acids is 1. The van der Waals surface area contributed by atoms with Crippen LogP contribution in [0.1, 0.15) is 36.5 Å². The van der Waals surface area contributed by atoms with Crippen molar-refractivity contribution in [2.24, 2.45) is 0 Å². The highest BCUT2D eigenvalue weighted by atomic mass is 16.6. The first-order chi connectivity index (χ1) is 13.2. The Kier molecular flexibility index (Phi) is 5.10. The molecule has 2 aromatic carbocycles. The van der Waals surface area contributed by atoms with E-state index in [1.807, 2.05) is 71.6 Å². The topological polar surface area (TPSA) is 53.1 Å². The quantitative estimate of drug-likeness (QED) is 0.826. The molecule has 0 spiro atoms. The maximum atomic E-state index is 13.3. The van der Waals surface area contributed by atoms with Gasteiger partial charge in [0, 0.05) is 13.1 Å². The van der Waals surface area contributed by atoms with Crippen LogP contribution in [0.15, 0.2) is 66.7 Å². The fraction of sp³-hybridized carbons (Fsp3) is 0.348. The highest BCUT2D eigenvalue weighted by molar-refractivity contribution is 5.90. The Morgan fingerprint density at radius 2 is 1.67 bits per heavy atom. The Labute approximate surface area is 160 Å². The van der Waals surface area contributed by atoms with Crippen LogP contribution in [0.3, 0.4) is 0 Å². The second-order valence-corrected chi connectivity index (χ2v) is 7.27. The molecule has 2 heterocycles. The van der Waals surface area contributed by atoms with E-state index >= 15 is 0 Å². The normalized spacial score (nSPS) is 26.1. The van der Waals surface area contributed by atoms with Gasteiger partial charge < -0.3 is 14.7 Å². The van der Waals surface area contributed by atoms with Crippen LogP contribution in [0, 0.1) is 0 Å². The van der Waals surface area contributed by atoms with Crippen molar-refractivity contribution in [2.75, 3.05) is 13.1 Å². The van der Waals surface area contributed by atoms with Crippen LogP contribution in [-0.4, -0.2) is 40.7 Å². The summed E-state index contributed by atoms with van der Waals surface area (Å²) in [5.74, 6) is -0.0961. The zero-order valence-corrected chi connectivity index (χ0v) is 15.3. The van der Waals surface area contributed by atoms with Crippen LogP contribution in [-0.2, 0) is 9.53 Å². The number of epoxide rings is 1. The molecule has 0 saturated carbocycles. The van der Waals surface area contributed by atoms with Gasteiger partial charge in [0.15, 0.2) is 0 Å². The molecule has 1 N–H and O–H groups in total. The first-order valence-electron chi connectivity index (χ1n) is 9.65. The van der Waals surface area contributed by atoms with E-state index in [4.69, 9.17) is 4.74 Å². The maximum absolute atomic E-state index is 13.3. The Hall–Kier alpha value is -2.43. The summed E-state index contributed by atoms with van der Waals surface area (Å²) < 4.78 is 5.96.